The van der Waals surface area contributed by atoms with Crippen LogP contribution in [0.4, 0.5) is 0 Å². The molecule has 2 aromatic rings. The van der Waals surface area contributed by atoms with Gasteiger partial charge in [0.2, 0.25) is 0 Å². The average Bonchev–Trinajstić information content (AvgIpc) is 3.04. The molecule has 2 aromatic carbocycles. The molecule has 1 atom stereocenters. The van der Waals surface area contributed by atoms with Crippen LogP contribution in [-0.4, -0.2) is 23.1 Å². The summed E-state index contributed by atoms with van der Waals surface area (Å²) in [7, 11) is 0. The van der Waals surface area contributed by atoms with Gasteiger partial charge in [-0.05, 0) is 44.1 Å². The first-order valence-corrected chi connectivity index (χ1v) is 7.43. The summed E-state index contributed by atoms with van der Waals surface area (Å²) in [6.07, 6.45) is 2.41. The zero-order valence-corrected chi connectivity index (χ0v) is 12.0. The van der Waals surface area contributed by atoms with E-state index in [9.17, 15) is 5.11 Å². The van der Waals surface area contributed by atoms with Crippen LogP contribution in [0.1, 0.15) is 30.0 Å². The van der Waals surface area contributed by atoms with Crippen molar-refractivity contribution in [3.8, 4) is 17.6 Å². The maximum Gasteiger partial charge on any atom is 0.121 e. The Hall–Kier alpha value is -2.24. The van der Waals surface area contributed by atoms with Crippen LogP contribution in [0.5, 0.6) is 5.75 Å². The van der Waals surface area contributed by atoms with Crippen LogP contribution in [0.25, 0.3) is 0 Å². The van der Waals surface area contributed by atoms with Crippen molar-refractivity contribution in [3.63, 3.8) is 0 Å². The van der Waals surface area contributed by atoms with E-state index >= 15 is 0 Å². The highest BCUT2D eigenvalue weighted by atomic mass is 16.3. The summed E-state index contributed by atoms with van der Waals surface area (Å²) >= 11 is 0. The van der Waals surface area contributed by atoms with Gasteiger partial charge in [-0.3, -0.25) is 4.90 Å². The maximum absolute atomic E-state index is 10.1. The van der Waals surface area contributed by atoms with E-state index in [4.69, 9.17) is 0 Å². The number of hydrogen-bond acceptors (Lipinski definition) is 2. The smallest absolute Gasteiger partial charge is 0.121 e. The van der Waals surface area contributed by atoms with Crippen LogP contribution < -0.4 is 0 Å². The fraction of sp³-hybridized carbons (Fsp3) is 0.263. The molecule has 1 aliphatic heterocycles. The Labute approximate surface area is 126 Å². The molecule has 1 saturated heterocycles. The molecule has 1 aliphatic rings. The quantitative estimate of drug-likeness (QED) is 0.848. The molecular formula is C19H19NO. The fourth-order valence-corrected chi connectivity index (χ4v) is 2.76. The highest BCUT2D eigenvalue weighted by Crippen LogP contribution is 2.30. The van der Waals surface area contributed by atoms with E-state index in [1.807, 2.05) is 48.5 Å². The summed E-state index contributed by atoms with van der Waals surface area (Å²) in [6, 6.07) is 17.5. The minimum atomic E-state index is -0.0334. The number of rotatable bonds is 2. The largest absolute Gasteiger partial charge is 0.508 e. The molecule has 1 heterocycles. The molecule has 2 nitrogen and oxygen atoms in total. The molecule has 1 N–H and O–H groups in total. The van der Waals surface area contributed by atoms with Gasteiger partial charge in [0.25, 0.3) is 0 Å². The van der Waals surface area contributed by atoms with Crippen molar-refractivity contribution in [2.24, 2.45) is 0 Å². The average molecular weight is 277 g/mol. The Morgan fingerprint density at radius 2 is 1.57 bits per heavy atom. The molecule has 0 saturated carbocycles. The Balaban J connectivity index is 1.94. The molecule has 0 aliphatic carbocycles. The van der Waals surface area contributed by atoms with Crippen molar-refractivity contribution in [2.45, 2.75) is 18.9 Å². The molecule has 1 fully saturated rings. The standard InChI is InChI=1S/C19H19NO/c21-19-11-5-4-10-17(19)18(20-14-6-7-15-20)13-12-16-8-2-1-3-9-16/h1-5,8-11,18,21H,6-7,14-15H2. The van der Waals surface area contributed by atoms with Gasteiger partial charge >= 0.3 is 0 Å². The van der Waals surface area contributed by atoms with E-state index in [0.29, 0.717) is 5.75 Å². The summed E-state index contributed by atoms with van der Waals surface area (Å²) in [5, 5.41) is 10.1. The number of hydrogen-bond donors (Lipinski definition) is 1. The molecule has 0 amide bonds. The van der Waals surface area contributed by atoms with Crippen LogP contribution in [0.15, 0.2) is 54.6 Å². The lowest BCUT2D eigenvalue weighted by Crippen LogP contribution is -2.24. The van der Waals surface area contributed by atoms with Crippen LogP contribution >= 0.6 is 0 Å². The summed E-state index contributed by atoms with van der Waals surface area (Å²) in [5.41, 5.74) is 1.92. The van der Waals surface area contributed by atoms with Crippen molar-refractivity contribution in [1.82, 2.24) is 4.90 Å². The van der Waals surface area contributed by atoms with Crippen molar-refractivity contribution in [3.05, 3.63) is 65.7 Å². The van der Waals surface area contributed by atoms with Gasteiger partial charge < -0.3 is 5.11 Å². The second-order valence-electron chi connectivity index (χ2n) is 5.34. The topological polar surface area (TPSA) is 23.5 Å². The lowest BCUT2D eigenvalue weighted by atomic mass is 10.0. The number of nitrogens with zero attached hydrogens (tertiary/aromatic N) is 1. The van der Waals surface area contributed by atoms with Crippen LogP contribution in [0.2, 0.25) is 0 Å². The monoisotopic (exact) mass is 277 g/mol. The number of aromatic hydroxyl groups is 1. The molecule has 106 valence electrons. The maximum atomic E-state index is 10.1. The van der Waals surface area contributed by atoms with Crippen LogP contribution in [-0.2, 0) is 0 Å². The lowest BCUT2D eigenvalue weighted by molar-refractivity contribution is 0.290. The molecule has 3 rings (SSSR count). The summed E-state index contributed by atoms with van der Waals surface area (Å²) in [4.78, 5) is 2.35. The summed E-state index contributed by atoms with van der Waals surface area (Å²) in [6.45, 7) is 2.09. The Bertz CT molecular complexity index is 648. The van der Waals surface area contributed by atoms with E-state index in [1.165, 1.54) is 12.8 Å². The van der Waals surface area contributed by atoms with E-state index in [-0.39, 0.29) is 6.04 Å². The van der Waals surface area contributed by atoms with E-state index in [2.05, 4.69) is 16.7 Å². The number of likely N-dealkylation sites (tertiary alicyclic amines) is 1. The van der Waals surface area contributed by atoms with Gasteiger partial charge in [0.1, 0.15) is 11.8 Å². The first-order chi connectivity index (χ1) is 10.3. The van der Waals surface area contributed by atoms with Crippen LogP contribution in [0.3, 0.4) is 0 Å². The van der Waals surface area contributed by atoms with Crippen molar-refractivity contribution in [2.75, 3.05) is 13.1 Å². The third-order valence-electron chi connectivity index (χ3n) is 3.86. The first kappa shape index (κ1) is 13.7. The minimum absolute atomic E-state index is 0.0334. The molecule has 0 spiro atoms. The normalized spacial score (nSPS) is 16.2. The zero-order chi connectivity index (χ0) is 14.5. The molecule has 0 radical (unpaired) electrons. The van der Waals surface area contributed by atoms with Gasteiger partial charge in [0.15, 0.2) is 0 Å². The SMILES string of the molecule is Oc1ccccc1C(C#Cc1ccccc1)N1CCCC1. The third-order valence-corrected chi connectivity index (χ3v) is 3.86. The van der Waals surface area contributed by atoms with Gasteiger partial charge in [-0.25, -0.2) is 0 Å². The molecular weight excluding hydrogens is 258 g/mol. The lowest BCUT2D eigenvalue weighted by Gasteiger charge is -2.23. The second kappa shape index (κ2) is 6.47. The fourth-order valence-electron chi connectivity index (χ4n) is 2.76. The number of para-hydroxylation sites is 1. The highest BCUT2D eigenvalue weighted by molar-refractivity contribution is 5.42. The van der Waals surface area contributed by atoms with Gasteiger partial charge in [-0.2, -0.15) is 0 Å². The third kappa shape index (κ3) is 3.26. The summed E-state index contributed by atoms with van der Waals surface area (Å²) < 4.78 is 0. The molecule has 1 unspecified atom stereocenters. The molecule has 0 bridgehead atoms. The second-order valence-corrected chi connectivity index (χ2v) is 5.34. The van der Waals surface area contributed by atoms with E-state index in [1.54, 1.807) is 6.07 Å². The van der Waals surface area contributed by atoms with Gasteiger partial charge in [0.05, 0.1) is 0 Å². The highest BCUT2D eigenvalue weighted by Gasteiger charge is 2.23. The Morgan fingerprint density at radius 3 is 2.29 bits per heavy atom. The van der Waals surface area contributed by atoms with Crippen molar-refractivity contribution >= 4 is 0 Å². The number of benzene rings is 2. The van der Waals surface area contributed by atoms with Crippen molar-refractivity contribution < 1.29 is 5.11 Å². The zero-order valence-electron chi connectivity index (χ0n) is 12.0. The number of phenolic OH excluding ortho intramolecular Hbond substituents is 1. The van der Waals surface area contributed by atoms with Gasteiger partial charge in [-0.15, -0.1) is 0 Å². The predicted octanol–water partition coefficient (Wildman–Crippen LogP) is 3.58. The summed E-state index contributed by atoms with van der Waals surface area (Å²) in [5.74, 6) is 6.93. The first-order valence-electron chi connectivity index (χ1n) is 7.43. The minimum Gasteiger partial charge on any atom is -0.508 e. The van der Waals surface area contributed by atoms with Crippen LogP contribution in [0, 0.1) is 11.8 Å². The van der Waals surface area contributed by atoms with E-state index < -0.39 is 0 Å². The molecule has 2 heteroatoms. The van der Waals surface area contributed by atoms with E-state index in [0.717, 1.165) is 24.2 Å². The predicted molar refractivity (Wildman–Crippen MR) is 85.0 cm³/mol. The molecule has 21 heavy (non-hydrogen) atoms. The molecule has 0 aromatic heterocycles. The Morgan fingerprint density at radius 1 is 0.905 bits per heavy atom. The van der Waals surface area contributed by atoms with Gasteiger partial charge in [-0.1, -0.05) is 48.2 Å². The Kier molecular flexibility index (Phi) is 4.23. The van der Waals surface area contributed by atoms with Gasteiger partial charge in [0, 0.05) is 11.1 Å². The van der Waals surface area contributed by atoms with Crippen molar-refractivity contribution in [1.29, 1.82) is 0 Å². The number of phenols is 1.